The SMILES string of the molecule is CCc1ccc(N(C)CC23CC4CC(CC(C4)C2)C3)cc1. The van der Waals surface area contributed by atoms with Gasteiger partial charge in [-0.15, -0.1) is 0 Å². The molecule has 21 heavy (non-hydrogen) atoms. The summed E-state index contributed by atoms with van der Waals surface area (Å²) in [4.78, 5) is 2.53. The van der Waals surface area contributed by atoms with Gasteiger partial charge in [0.25, 0.3) is 0 Å². The van der Waals surface area contributed by atoms with Crippen molar-refractivity contribution in [1.82, 2.24) is 0 Å². The summed E-state index contributed by atoms with van der Waals surface area (Å²) in [6.45, 7) is 3.51. The second-order valence-electron chi connectivity index (χ2n) is 8.29. The first-order chi connectivity index (χ1) is 10.2. The van der Waals surface area contributed by atoms with Crippen molar-refractivity contribution >= 4 is 5.69 Å². The normalized spacial score (nSPS) is 37.0. The molecule has 0 N–H and O–H groups in total. The van der Waals surface area contributed by atoms with Gasteiger partial charge in [0, 0.05) is 19.3 Å². The fourth-order valence-corrected chi connectivity index (χ4v) is 6.06. The highest BCUT2D eigenvalue weighted by atomic mass is 15.1. The van der Waals surface area contributed by atoms with Crippen molar-refractivity contribution in [1.29, 1.82) is 0 Å². The van der Waals surface area contributed by atoms with E-state index in [9.17, 15) is 0 Å². The number of anilines is 1. The minimum atomic E-state index is 0.646. The van der Waals surface area contributed by atoms with Crippen LogP contribution in [0.5, 0.6) is 0 Å². The second kappa shape index (κ2) is 5.04. The van der Waals surface area contributed by atoms with Crippen LogP contribution in [-0.4, -0.2) is 13.6 Å². The molecule has 5 rings (SSSR count). The van der Waals surface area contributed by atoms with Crippen LogP contribution in [0, 0.1) is 23.2 Å². The Morgan fingerprint density at radius 1 is 0.952 bits per heavy atom. The lowest BCUT2D eigenvalue weighted by Crippen LogP contribution is -2.50. The zero-order valence-corrected chi connectivity index (χ0v) is 13.6. The molecule has 0 aromatic heterocycles. The van der Waals surface area contributed by atoms with Crippen molar-refractivity contribution < 1.29 is 0 Å². The molecule has 1 aromatic carbocycles. The summed E-state index contributed by atoms with van der Waals surface area (Å²) in [7, 11) is 2.31. The Kier molecular flexibility index (Phi) is 3.28. The van der Waals surface area contributed by atoms with Crippen molar-refractivity contribution in [3.63, 3.8) is 0 Å². The van der Waals surface area contributed by atoms with E-state index in [-0.39, 0.29) is 0 Å². The minimum Gasteiger partial charge on any atom is -0.374 e. The predicted octanol–water partition coefficient (Wildman–Crippen LogP) is 4.90. The molecule has 0 amide bonds. The quantitative estimate of drug-likeness (QED) is 0.759. The molecular formula is C20H29N. The first-order valence-electron chi connectivity index (χ1n) is 8.96. The molecule has 4 saturated carbocycles. The average molecular weight is 283 g/mol. The lowest BCUT2D eigenvalue weighted by Gasteiger charge is -2.57. The van der Waals surface area contributed by atoms with Gasteiger partial charge in [-0.2, -0.15) is 0 Å². The summed E-state index contributed by atoms with van der Waals surface area (Å²) in [6.07, 6.45) is 10.3. The van der Waals surface area contributed by atoms with Crippen molar-refractivity contribution in [2.45, 2.75) is 51.9 Å². The summed E-state index contributed by atoms with van der Waals surface area (Å²) >= 11 is 0. The number of hydrogen-bond acceptors (Lipinski definition) is 1. The van der Waals surface area contributed by atoms with Gasteiger partial charge in [0.15, 0.2) is 0 Å². The molecule has 4 aliphatic rings. The second-order valence-corrected chi connectivity index (χ2v) is 8.29. The van der Waals surface area contributed by atoms with Gasteiger partial charge < -0.3 is 4.90 Å². The third-order valence-electron chi connectivity index (χ3n) is 6.52. The van der Waals surface area contributed by atoms with E-state index in [1.165, 1.54) is 37.1 Å². The third-order valence-corrected chi connectivity index (χ3v) is 6.52. The van der Waals surface area contributed by atoms with Crippen LogP contribution in [0.4, 0.5) is 5.69 Å². The Balaban J connectivity index is 1.49. The lowest BCUT2D eigenvalue weighted by atomic mass is 9.49. The molecule has 0 radical (unpaired) electrons. The van der Waals surface area contributed by atoms with E-state index in [1.807, 2.05) is 0 Å². The van der Waals surface area contributed by atoms with Crippen molar-refractivity contribution in [2.75, 3.05) is 18.5 Å². The number of rotatable bonds is 4. The fourth-order valence-electron chi connectivity index (χ4n) is 6.06. The highest BCUT2D eigenvalue weighted by Gasteiger charge is 2.51. The zero-order valence-electron chi connectivity index (χ0n) is 13.6. The molecule has 114 valence electrons. The molecule has 0 heterocycles. The molecular weight excluding hydrogens is 254 g/mol. The van der Waals surface area contributed by atoms with Crippen LogP contribution in [-0.2, 0) is 6.42 Å². The molecule has 0 unspecified atom stereocenters. The summed E-state index contributed by atoms with van der Waals surface area (Å²) in [5.74, 6) is 3.19. The summed E-state index contributed by atoms with van der Waals surface area (Å²) in [5, 5.41) is 0. The first-order valence-corrected chi connectivity index (χ1v) is 8.96. The van der Waals surface area contributed by atoms with Gasteiger partial charge >= 0.3 is 0 Å². The molecule has 0 aliphatic heterocycles. The maximum atomic E-state index is 2.53. The van der Waals surface area contributed by atoms with Crippen LogP contribution in [0.2, 0.25) is 0 Å². The lowest BCUT2D eigenvalue weighted by molar-refractivity contribution is -0.0472. The van der Waals surface area contributed by atoms with Gasteiger partial charge in [-0.05, 0) is 85.8 Å². The highest BCUT2D eigenvalue weighted by Crippen LogP contribution is 2.60. The van der Waals surface area contributed by atoms with E-state index in [0.29, 0.717) is 5.41 Å². The van der Waals surface area contributed by atoms with E-state index >= 15 is 0 Å². The first kappa shape index (κ1) is 13.7. The molecule has 4 fully saturated rings. The predicted molar refractivity (Wildman–Crippen MR) is 89.7 cm³/mol. The highest BCUT2D eigenvalue weighted by molar-refractivity contribution is 5.47. The van der Waals surface area contributed by atoms with Gasteiger partial charge in [-0.3, -0.25) is 0 Å². The smallest absolute Gasteiger partial charge is 0.0363 e. The zero-order chi connectivity index (χ0) is 14.4. The van der Waals surface area contributed by atoms with Crippen LogP contribution in [0.25, 0.3) is 0 Å². The molecule has 4 aliphatic carbocycles. The maximum absolute atomic E-state index is 2.53. The molecule has 0 atom stereocenters. The van der Waals surface area contributed by atoms with Gasteiger partial charge in [-0.1, -0.05) is 19.1 Å². The number of benzene rings is 1. The van der Waals surface area contributed by atoms with Crippen molar-refractivity contribution in [3.05, 3.63) is 29.8 Å². The van der Waals surface area contributed by atoms with Crippen LogP contribution in [0.15, 0.2) is 24.3 Å². The van der Waals surface area contributed by atoms with Crippen LogP contribution in [0.3, 0.4) is 0 Å². The third kappa shape index (κ3) is 2.49. The molecule has 0 saturated heterocycles. The topological polar surface area (TPSA) is 3.24 Å². The molecule has 4 bridgehead atoms. The van der Waals surface area contributed by atoms with Crippen molar-refractivity contribution in [2.24, 2.45) is 23.2 Å². The van der Waals surface area contributed by atoms with Gasteiger partial charge in [0.2, 0.25) is 0 Å². The molecule has 1 nitrogen and oxygen atoms in total. The van der Waals surface area contributed by atoms with Crippen molar-refractivity contribution in [3.8, 4) is 0 Å². The number of hydrogen-bond donors (Lipinski definition) is 0. The van der Waals surface area contributed by atoms with Gasteiger partial charge in [0.05, 0.1) is 0 Å². The van der Waals surface area contributed by atoms with E-state index < -0.39 is 0 Å². The Morgan fingerprint density at radius 2 is 1.48 bits per heavy atom. The number of nitrogens with zero attached hydrogens (tertiary/aromatic N) is 1. The molecule has 0 spiro atoms. The summed E-state index contributed by atoms with van der Waals surface area (Å²) < 4.78 is 0. The van der Waals surface area contributed by atoms with E-state index in [1.54, 1.807) is 19.3 Å². The van der Waals surface area contributed by atoms with E-state index in [0.717, 1.165) is 24.2 Å². The Hall–Kier alpha value is -0.980. The maximum Gasteiger partial charge on any atom is 0.0363 e. The monoisotopic (exact) mass is 283 g/mol. The molecule has 1 aromatic rings. The fraction of sp³-hybridized carbons (Fsp3) is 0.700. The Labute approximate surface area is 129 Å². The van der Waals surface area contributed by atoms with Crippen LogP contribution >= 0.6 is 0 Å². The van der Waals surface area contributed by atoms with Gasteiger partial charge in [-0.25, -0.2) is 0 Å². The largest absolute Gasteiger partial charge is 0.374 e. The molecule has 1 heteroatoms. The minimum absolute atomic E-state index is 0.646. The van der Waals surface area contributed by atoms with Crippen LogP contribution in [0.1, 0.15) is 51.0 Å². The van der Waals surface area contributed by atoms with E-state index in [4.69, 9.17) is 0 Å². The average Bonchev–Trinajstić information content (AvgIpc) is 2.45. The Morgan fingerprint density at radius 3 is 1.95 bits per heavy atom. The Bertz CT molecular complexity index is 466. The van der Waals surface area contributed by atoms with E-state index in [2.05, 4.69) is 43.1 Å². The summed E-state index contributed by atoms with van der Waals surface area (Å²) in [5.41, 5.74) is 3.50. The van der Waals surface area contributed by atoms with Gasteiger partial charge in [0.1, 0.15) is 0 Å². The number of aryl methyl sites for hydroxylation is 1. The van der Waals surface area contributed by atoms with Crippen LogP contribution < -0.4 is 4.90 Å². The standard InChI is InChI=1S/C20H29N/c1-3-15-4-6-19(7-5-15)21(2)14-20-11-16-8-17(12-20)10-18(9-16)13-20/h4-7,16-18H,3,8-14H2,1-2H3. The summed E-state index contributed by atoms with van der Waals surface area (Å²) in [6, 6.07) is 9.23.